The molecule has 1 aromatic carbocycles. The van der Waals surface area contributed by atoms with E-state index in [-0.39, 0.29) is 23.5 Å². The van der Waals surface area contributed by atoms with Crippen LogP contribution < -0.4 is 5.32 Å². The maximum atomic E-state index is 12.4. The monoisotopic (exact) mass is 374 g/mol. The molecule has 1 fully saturated rings. The molecule has 0 aliphatic carbocycles. The highest BCUT2D eigenvalue weighted by Crippen LogP contribution is 2.19. The van der Waals surface area contributed by atoms with Gasteiger partial charge in [0, 0.05) is 23.2 Å². The van der Waals surface area contributed by atoms with Gasteiger partial charge in [-0.3, -0.25) is 4.79 Å². The average Bonchev–Trinajstić information content (AvgIpc) is 2.80. The molecular formula is C14H19BrN2O3S. The predicted octanol–water partition coefficient (Wildman–Crippen LogP) is 1.89. The lowest BCUT2D eigenvalue weighted by molar-refractivity contribution is -0.132. The van der Waals surface area contributed by atoms with Gasteiger partial charge >= 0.3 is 0 Å². The molecular weight excluding hydrogens is 356 g/mol. The van der Waals surface area contributed by atoms with Crippen LogP contribution in [0.5, 0.6) is 0 Å². The zero-order chi connectivity index (χ0) is 15.6. The zero-order valence-corrected chi connectivity index (χ0v) is 14.4. The number of benzene rings is 1. The van der Waals surface area contributed by atoms with Gasteiger partial charge in [-0.1, -0.05) is 15.9 Å². The van der Waals surface area contributed by atoms with E-state index in [1.54, 1.807) is 18.9 Å². The minimum Gasteiger partial charge on any atom is -0.374 e. The molecule has 0 bridgehead atoms. The molecule has 1 aromatic rings. The molecule has 21 heavy (non-hydrogen) atoms. The maximum absolute atomic E-state index is 12.4. The van der Waals surface area contributed by atoms with Crippen LogP contribution in [0.1, 0.15) is 13.3 Å². The molecule has 5 nitrogen and oxygen atoms in total. The fourth-order valence-corrected chi connectivity index (χ4v) is 4.46. The van der Waals surface area contributed by atoms with Gasteiger partial charge in [-0.2, -0.15) is 0 Å². The van der Waals surface area contributed by atoms with Crippen molar-refractivity contribution in [2.24, 2.45) is 0 Å². The van der Waals surface area contributed by atoms with Crippen molar-refractivity contribution in [2.45, 2.75) is 25.4 Å². The highest BCUT2D eigenvalue weighted by Gasteiger charge is 2.33. The Balaban J connectivity index is 1.97. The summed E-state index contributed by atoms with van der Waals surface area (Å²) >= 11 is 3.36. The van der Waals surface area contributed by atoms with Crippen molar-refractivity contribution in [2.75, 3.05) is 23.9 Å². The number of likely N-dealkylation sites (N-methyl/N-ethyl adjacent to an activating group) is 1. The fraction of sp³-hybridized carbons (Fsp3) is 0.500. The number of hydrogen-bond acceptors (Lipinski definition) is 4. The molecule has 0 aromatic heterocycles. The van der Waals surface area contributed by atoms with E-state index in [9.17, 15) is 13.2 Å². The Kier molecular flexibility index (Phi) is 4.93. The van der Waals surface area contributed by atoms with Gasteiger partial charge in [-0.05, 0) is 37.6 Å². The second-order valence-corrected chi connectivity index (χ2v) is 8.52. The Labute approximate surface area is 133 Å². The van der Waals surface area contributed by atoms with Crippen molar-refractivity contribution in [1.82, 2.24) is 4.90 Å². The third-order valence-corrected chi connectivity index (χ3v) is 5.98. The van der Waals surface area contributed by atoms with Crippen molar-refractivity contribution in [3.05, 3.63) is 28.7 Å². The first-order valence-corrected chi connectivity index (χ1v) is 9.39. The van der Waals surface area contributed by atoms with Gasteiger partial charge < -0.3 is 10.2 Å². The van der Waals surface area contributed by atoms with E-state index in [0.29, 0.717) is 6.42 Å². The Hall–Kier alpha value is -1.08. The van der Waals surface area contributed by atoms with Gasteiger partial charge in [0.15, 0.2) is 9.84 Å². The molecule has 7 heteroatoms. The first-order chi connectivity index (χ1) is 9.78. The number of hydrogen-bond donors (Lipinski definition) is 1. The summed E-state index contributed by atoms with van der Waals surface area (Å²) in [6.07, 6.45) is 0.523. The lowest BCUT2D eigenvalue weighted by Gasteiger charge is -2.27. The maximum Gasteiger partial charge on any atom is 0.244 e. The van der Waals surface area contributed by atoms with E-state index >= 15 is 0 Å². The third kappa shape index (κ3) is 4.20. The van der Waals surface area contributed by atoms with Gasteiger partial charge in [0.2, 0.25) is 5.91 Å². The highest BCUT2D eigenvalue weighted by molar-refractivity contribution is 9.10. The van der Waals surface area contributed by atoms with Crippen molar-refractivity contribution >= 4 is 37.4 Å². The second-order valence-electron chi connectivity index (χ2n) is 5.38. The van der Waals surface area contributed by atoms with Gasteiger partial charge in [0.05, 0.1) is 11.5 Å². The van der Waals surface area contributed by atoms with Gasteiger partial charge in [-0.15, -0.1) is 0 Å². The molecule has 1 aliphatic heterocycles. The van der Waals surface area contributed by atoms with Gasteiger partial charge in [-0.25, -0.2) is 8.42 Å². The van der Waals surface area contributed by atoms with E-state index in [0.717, 1.165) is 10.2 Å². The Morgan fingerprint density at radius 1 is 1.38 bits per heavy atom. The van der Waals surface area contributed by atoms with Crippen LogP contribution in [0.3, 0.4) is 0 Å². The van der Waals surface area contributed by atoms with Crippen LogP contribution in [-0.4, -0.2) is 49.9 Å². The number of rotatable bonds is 4. The summed E-state index contributed by atoms with van der Waals surface area (Å²) in [7, 11) is -1.31. The lowest BCUT2D eigenvalue weighted by atomic mass is 10.2. The first-order valence-electron chi connectivity index (χ1n) is 6.78. The van der Waals surface area contributed by atoms with E-state index in [1.807, 2.05) is 24.3 Å². The van der Waals surface area contributed by atoms with E-state index < -0.39 is 15.9 Å². The van der Waals surface area contributed by atoms with Crippen molar-refractivity contribution in [3.8, 4) is 0 Å². The van der Waals surface area contributed by atoms with Gasteiger partial charge in [0.1, 0.15) is 6.04 Å². The highest BCUT2D eigenvalue weighted by atomic mass is 79.9. The van der Waals surface area contributed by atoms with Crippen molar-refractivity contribution < 1.29 is 13.2 Å². The number of halogens is 1. The van der Waals surface area contributed by atoms with Crippen molar-refractivity contribution in [1.29, 1.82) is 0 Å². The van der Waals surface area contributed by atoms with Crippen LogP contribution >= 0.6 is 15.9 Å². The summed E-state index contributed by atoms with van der Waals surface area (Å²) in [4.78, 5) is 13.9. The molecule has 2 rings (SSSR count). The largest absolute Gasteiger partial charge is 0.374 e. The predicted molar refractivity (Wildman–Crippen MR) is 87.1 cm³/mol. The van der Waals surface area contributed by atoms with Crippen LogP contribution in [0, 0.1) is 0 Å². The van der Waals surface area contributed by atoms with E-state index in [1.165, 1.54) is 0 Å². The summed E-state index contributed by atoms with van der Waals surface area (Å²) in [5.41, 5.74) is 0.853. The Morgan fingerprint density at radius 3 is 2.52 bits per heavy atom. The molecule has 0 spiro atoms. The number of amides is 1. The molecule has 1 aliphatic rings. The first kappa shape index (κ1) is 16.3. The molecule has 0 unspecified atom stereocenters. The molecule has 1 saturated heterocycles. The number of sulfone groups is 1. The lowest BCUT2D eigenvalue weighted by Crippen LogP contribution is -2.45. The quantitative estimate of drug-likeness (QED) is 0.873. The summed E-state index contributed by atoms with van der Waals surface area (Å²) in [5, 5.41) is 3.13. The Morgan fingerprint density at radius 2 is 2.00 bits per heavy atom. The van der Waals surface area contributed by atoms with Crippen LogP contribution in [0.15, 0.2) is 28.7 Å². The van der Waals surface area contributed by atoms with Crippen LogP contribution in [0.2, 0.25) is 0 Å². The molecule has 1 heterocycles. The van der Waals surface area contributed by atoms with E-state index in [4.69, 9.17) is 0 Å². The van der Waals surface area contributed by atoms with Crippen LogP contribution in [0.4, 0.5) is 5.69 Å². The molecule has 116 valence electrons. The molecule has 0 radical (unpaired) electrons. The summed E-state index contributed by atoms with van der Waals surface area (Å²) in [6, 6.07) is 6.94. The third-order valence-electron chi connectivity index (χ3n) is 3.70. The summed E-state index contributed by atoms with van der Waals surface area (Å²) in [6.45, 7) is 1.78. The van der Waals surface area contributed by atoms with Gasteiger partial charge in [0.25, 0.3) is 0 Å². The number of carbonyl (C=O) groups excluding carboxylic acids is 1. The molecule has 2 atom stereocenters. The van der Waals surface area contributed by atoms with Crippen LogP contribution in [0.25, 0.3) is 0 Å². The average molecular weight is 375 g/mol. The standard InChI is InChI=1S/C14H19BrN2O3S/c1-10(16-12-5-3-11(15)4-6-12)14(18)17(2)13-7-8-21(19,20)9-13/h3-6,10,13,16H,7-9H2,1-2H3/t10-,13-/m0/s1. The second kappa shape index (κ2) is 6.36. The number of anilines is 1. The number of nitrogens with one attached hydrogen (secondary N) is 1. The normalized spacial score (nSPS) is 21.8. The minimum atomic E-state index is -2.98. The zero-order valence-electron chi connectivity index (χ0n) is 12.0. The number of carbonyl (C=O) groups is 1. The molecule has 0 saturated carbocycles. The SMILES string of the molecule is C[C@H](Nc1ccc(Br)cc1)C(=O)N(C)[C@H]1CCS(=O)(=O)C1. The fourth-order valence-electron chi connectivity index (χ4n) is 2.42. The van der Waals surface area contributed by atoms with Crippen LogP contribution in [-0.2, 0) is 14.6 Å². The van der Waals surface area contributed by atoms with Crippen molar-refractivity contribution in [3.63, 3.8) is 0 Å². The summed E-state index contributed by atoms with van der Waals surface area (Å²) in [5.74, 6) is 0.143. The number of nitrogens with zero attached hydrogens (tertiary/aromatic N) is 1. The minimum absolute atomic E-state index is 0.0697. The smallest absolute Gasteiger partial charge is 0.244 e. The molecule has 1 amide bonds. The Bertz CT molecular complexity index is 616. The summed E-state index contributed by atoms with van der Waals surface area (Å²) < 4.78 is 24.0. The van der Waals surface area contributed by atoms with E-state index in [2.05, 4.69) is 21.2 Å². The topological polar surface area (TPSA) is 66.5 Å². The molecule has 1 N–H and O–H groups in total.